The fourth-order valence-electron chi connectivity index (χ4n) is 3.36. The van der Waals surface area contributed by atoms with Crippen LogP contribution in [0.25, 0.3) is 0 Å². The fraction of sp³-hybridized carbons (Fsp3) is 0.391. The predicted octanol–water partition coefficient (Wildman–Crippen LogP) is 2.96. The number of amides is 2. The van der Waals surface area contributed by atoms with Crippen molar-refractivity contribution in [1.82, 2.24) is 5.32 Å². The van der Waals surface area contributed by atoms with E-state index in [0.717, 1.165) is 5.56 Å². The van der Waals surface area contributed by atoms with Crippen LogP contribution in [0.15, 0.2) is 42.5 Å². The Morgan fingerprint density at radius 2 is 1.83 bits per heavy atom. The lowest BCUT2D eigenvalue weighted by atomic mass is 10.1. The number of nitrogens with zero attached hydrogens (tertiary/aromatic N) is 1. The SMILES string of the molecule is CCOc1ccc(CCNC(=O)[C@@H]2CN(C(C)=O)c3ccccc3O2)cc1OCC. The third-order valence-electron chi connectivity index (χ3n) is 4.77. The number of benzene rings is 2. The van der Waals surface area contributed by atoms with Crippen molar-refractivity contribution in [2.24, 2.45) is 0 Å². The number of fused-ring (bicyclic) bond motifs is 1. The van der Waals surface area contributed by atoms with Crippen molar-refractivity contribution in [3.63, 3.8) is 0 Å². The third kappa shape index (κ3) is 5.03. The summed E-state index contributed by atoms with van der Waals surface area (Å²) in [7, 11) is 0. The molecule has 0 saturated heterocycles. The highest BCUT2D eigenvalue weighted by atomic mass is 16.5. The largest absolute Gasteiger partial charge is 0.490 e. The number of anilines is 1. The van der Waals surface area contributed by atoms with Gasteiger partial charge in [-0.3, -0.25) is 9.59 Å². The van der Waals surface area contributed by atoms with Gasteiger partial charge < -0.3 is 24.4 Å². The van der Waals surface area contributed by atoms with Gasteiger partial charge in [-0.2, -0.15) is 0 Å². The highest BCUT2D eigenvalue weighted by Gasteiger charge is 2.32. The second-order valence-corrected chi connectivity index (χ2v) is 6.89. The maximum absolute atomic E-state index is 12.7. The minimum Gasteiger partial charge on any atom is -0.490 e. The Hall–Kier alpha value is -3.22. The monoisotopic (exact) mass is 412 g/mol. The van der Waals surface area contributed by atoms with E-state index in [4.69, 9.17) is 14.2 Å². The van der Waals surface area contributed by atoms with E-state index in [1.165, 1.54) is 6.92 Å². The smallest absolute Gasteiger partial charge is 0.262 e. The summed E-state index contributed by atoms with van der Waals surface area (Å²) in [4.78, 5) is 26.2. The molecule has 1 aliphatic heterocycles. The van der Waals surface area contributed by atoms with E-state index in [1.54, 1.807) is 11.0 Å². The van der Waals surface area contributed by atoms with Crippen LogP contribution in [0.4, 0.5) is 5.69 Å². The molecule has 160 valence electrons. The molecule has 7 nitrogen and oxygen atoms in total. The average molecular weight is 412 g/mol. The standard InChI is InChI=1S/C23H28N2O5/c1-4-28-20-11-10-17(14-21(20)29-5-2)12-13-24-23(27)22-15-25(16(3)26)18-8-6-7-9-19(18)30-22/h6-11,14,22H,4-5,12-13,15H2,1-3H3,(H,24,27)/t22-/m0/s1. The van der Waals surface area contributed by atoms with Gasteiger partial charge in [0.15, 0.2) is 17.6 Å². The van der Waals surface area contributed by atoms with E-state index in [9.17, 15) is 9.59 Å². The molecular formula is C23H28N2O5. The predicted molar refractivity (Wildman–Crippen MR) is 114 cm³/mol. The third-order valence-corrected chi connectivity index (χ3v) is 4.77. The van der Waals surface area contributed by atoms with Crippen molar-refractivity contribution in [2.45, 2.75) is 33.3 Å². The highest BCUT2D eigenvalue weighted by Crippen LogP contribution is 2.33. The molecule has 7 heteroatoms. The number of hydrogen-bond acceptors (Lipinski definition) is 5. The molecule has 1 aliphatic rings. The van der Waals surface area contributed by atoms with Gasteiger partial charge in [0.05, 0.1) is 25.4 Å². The first kappa shape index (κ1) is 21.5. The molecule has 0 radical (unpaired) electrons. The van der Waals surface area contributed by atoms with Crippen molar-refractivity contribution in [3.8, 4) is 17.2 Å². The Morgan fingerprint density at radius 3 is 2.57 bits per heavy atom. The summed E-state index contributed by atoms with van der Waals surface area (Å²) < 4.78 is 17.1. The Kier molecular flexibility index (Phi) is 7.17. The lowest BCUT2D eigenvalue weighted by Gasteiger charge is -2.33. The average Bonchev–Trinajstić information content (AvgIpc) is 2.74. The maximum atomic E-state index is 12.7. The summed E-state index contributed by atoms with van der Waals surface area (Å²) in [5.41, 5.74) is 1.72. The minimum absolute atomic E-state index is 0.124. The molecule has 2 amide bonds. The summed E-state index contributed by atoms with van der Waals surface area (Å²) in [6.45, 7) is 7.09. The van der Waals surface area contributed by atoms with Crippen molar-refractivity contribution in [2.75, 3.05) is 31.2 Å². The molecule has 2 aromatic rings. The van der Waals surface area contributed by atoms with Gasteiger partial charge in [0.1, 0.15) is 5.75 Å². The van der Waals surface area contributed by atoms with E-state index >= 15 is 0 Å². The van der Waals surface area contributed by atoms with Gasteiger partial charge in [-0.05, 0) is 50.1 Å². The van der Waals surface area contributed by atoms with Gasteiger partial charge >= 0.3 is 0 Å². The van der Waals surface area contributed by atoms with E-state index in [1.807, 2.05) is 50.2 Å². The number of nitrogens with one attached hydrogen (secondary N) is 1. The fourth-order valence-corrected chi connectivity index (χ4v) is 3.36. The molecule has 0 spiro atoms. The Balaban J connectivity index is 1.60. The number of rotatable bonds is 8. The first-order valence-electron chi connectivity index (χ1n) is 10.2. The van der Waals surface area contributed by atoms with Crippen LogP contribution in [0.3, 0.4) is 0 Å². The van der Waals surface area contributed by atoms with Crippen LogP contribution in [0, 0.1) is 0 Å². The van der Waals surface area contributed by atoms with E-state index in [-0.39, 0.29) is 18.4 Å². The van der Waals surface area contributed by atoms with E-state index in [2.05, 4.69) is 5.32 Å². The van der Waals surface area contributed by atoms with Gasteiger partial charge in [0.25, 0.3) is 5.91 Å². The second-order valence-electron chi connectivity index (χ2n) is 6.89. The molecule has 0 aliphatic carbocycles. The van der Waals surface area contributed by atoms with Crippen LogP contribution in [0.2, 0.25) is 0 Å². The Bertz CT molecular complexity index is 899. The maximum Gasteiger partial charge on any atom is 0.262 e. The van der Waals surface area contributed by atoms with E-state index in [0.29, 0.717) is 49.1 Å². The van der Waals surface area contributed by atoms with Crippen LogP contribution in [-0.4, -0.2) is 44.2 Å². The topological polar surface area (TPSA) is 77.1 Å². The van der Waals surface area contributed by atoms with Crippen LogP contribution in [0.1, 0.15) is 26.3 Å². The summed E-state index contributed by atoms with van der Waals surface area (Å²) >= 11 is 0. The number of carbonyl (C=O) groups is 2. The van der Waals surface area contributed by atoms with Crippen LogP contribution >= 0.6 is 0 Å². The number of hydrogen-bond donors (Lipinski definition) is 1. The molecular weight excluding hydrogens is 384 g/mol. The first-order valence-corrected chi connectivity index (χ1v) is 10.2. The molecule has 0 unspecified atom stereocenters. The molecule has 1 atom stereocenters. The summed E-state index contributed by atoms with van der Waals surface area (Å²) in [5, 5.41) is 2.91. The van der Waals surface area contributed by atoms with Crippen molar-refractivity contribution in [1.29, 1.82) is 0 Å². The normalized spacial score (nSPS) is 15.0. The van der Waals surface area contributed by atoms with Gasteiger partial charge in [-0.15, -0.1) is 0 Å². The van der Waals surface area contributed by atoms with Crippen molar-refractivity contribution < 1.29 is 23.8 Å². The molecule has 3 rings (SSSR count). The summed E-state index contributed by atoms with van der Waals surface area (Å²) in [6, 6.07) is 13.0. The molecule has 0 fully saturated rings. The zero-order chi connectivity index (χ0) is 21.5. The highest BCUT2D eigenvalue weighted by molar-refractivity contribution is 5.95. The van der Waals surface area contributed by atoms with Gasteiger partial charge in [0.2, 0.25) is 5.91 Å². The van der Waals surface area contributed by atoms with E-state index < -0.39 is 6.10 Å². The number of ether oxygens (including phenoxy) is 3. The molecule has 0 saturated carbocycles. The first-order chi connectivity index (χ1) is 14.5. The van der Waals surface area contributed by atoms with Crippen molar-refractivity contribution >= 4 is 17.5 Å². The van der Waals surface area contributed by atoms with Gasteiger partial charge in [0, 0.05) is 13.5 Å². The molecule has 30 heavy (non-hydrogen) atoms. The van der Waals surface area contributed by atoms with Crippen LogP contribution in [0.5, 0.6) is 17.2 Å². The zero-order valence-electron chi connectivity index (χ0n) is 17.6. The second kappa shape index (κ2) is 10.0. The lowest BCUT2D eigenvalue weighted by molar-refractivity contribution is -0.128. The van der Waals surface area contributed by atoms with Crippen LogP contribution in [-0.2, 0) is 16.0 Å². The molecule has 0 aromatic heterocycles. The summed E-state index contributed by atoms with van der Waals surface area (Å²) in [6.07, 6.45) is -0.110. The molecule has 0 bridgehead atoms. The van der Waals surface area contributed by atoms with Crippen LogP contribution < -0.4 is 24.4 Å². The Morgan fingerprint density at radius 1 is 1.10 bits per heavy atom. The summed E-state index contributed by atoms with van der Waals surface area (Å²) in [5.74, 6) is 1.58. The van der Waals surface area contributed by atoms with Crippen molar-refractivity contribution in [3.05, 3.63) is 48.0 Å². The molecule has 1 heterocycles. The Labute approximate surface area is 176 Å². The van der Waals surface area contributed by atoms with Gasteiger partial charge in [-0.1, -0.05) is 18.2 Å². The number of para-hydroxylation sites is 2. The zero-order valence-corrected chi connectivity index (χ0v) is 17.6. The number of carbonyl (C=O) groups excluding carboxylic acids is 2. The van der Waals surface area contributed by atoms with Gasteiger partial charge in [-0.25, -0.2) is 0 Å². The quantitative estimate of drug-likeness (QED) is 0.721. The molecule has 1 N–H and O–H groups in total. The minimum atomic E-state index is -0.747. The lowest BCUT2D eigenvalue weighted by Crippen LogP contribution is -2.50. The molecule has 2 aromatic carbocycles.